The molecule has 1 aliphatic heterocycles. The van der Waals surface area contributed by atoms with Crippen molar-refractivity contribution in [1.29, 1.82) is 0 Å². The smallest absolute Gasteiger partial charge is 0.323 e. The fraction of sp³-hybridized carbons (Fsp3) is 0.526. The maximum absolute atomic E-state index is 12.4. The number of amides is 2. The highest BCUT2D eigenvalue weighted by Gasteiger charge is 2.27. The van der Waals surface area contributed by atoms with Crippen molar-refractivity contribution in [3.05, 3.63) is 29.8 Å². The summed E-state index contributed by atoms with van der Waals surface area (Å²) in [6.07, 6.45) is 1.99. The second-order valence-corrected chi connectivity index (χ2v) is 6.61. The molecule has 0 radical (unpaired) electrons. The van der Waals surface area contributed by atoms with Crippen LogP contribution in [0.5, 0.6) is 5.75 Å². The standard InChI is InChI=1S/C19H26N2O5/c1-14-5-3-7-17(11-14)26-13-18(23)20-9-4-6-16(8-10-20)21(15(2)22)12-19(24)25/h3,5,7,11,16H,4,6,8-10,12-13H2,1-2H3,(H,24,25). The molecule has 26 heavy (non-hydrogen) atoms. The Morgan fingerprint density at radius 1 is 1.27 bits per heavy atom. The molecule has 7 heteroatoms. The van der Waals surface area contributed by atoms with E-state index in [9.17, 15) is 14.4 Å². The second-order valence-electron chi connectivity index (χ2n) is 6.61. The molecule has 142 valence electrons. The summed E-state index contributed by atoms with van der Waals surface area (Å²) < 4.78 is 5.57. The van der Waals surface area contributed by atoms with E-state index in [1.165, 1.54) is 11.8 Å². The van der Waals surface area contributed by atoms with Crippen LogP contribution in [0.1, 0.15) is 31.7 Å². The van der Waals surface area contributed by atoms with Crippen LogP contribution in [0.15, 0.2) is 24.3 Å². The highest BCUT2D eigenvalue weighted by atomic mass is 16.5. The van der Waals surface area contributed by atoms with Gasteiger partial charge in [-0.3, -0.25) is 14.4 Å². The van der Waals surface area contributed by atoms with E-state index < -0.39 is 5.97 Å². The summed E-state index contributed by atoms with van der Waals surface area (Å²) in [5, 5.41) is 9.00. The first kappa shape index (κ1) is 19.8. The topological polar surface area (TPSA) is 87.2 Å². The van der Waals surface area contributed by atoms with Gasteiger partial charge in [-0.05, 0) is 43.9 Å². The lowest BCUT2D eigenvalue weighted by Gasteiger charge is -2.28. The lowest BCUT2D eigenvalue weighted by molar-refractivity contribution is -0.145. The zero-order valence-electron chi connectivity index (χ0n) is 15.3. The number of nitrogens with zero attached hydrogens (tertiary/aromatic N) is 2. The summed E-state index contributed by atoms with van der Waals surface area (Å²) in [7, 11) is 0. The molecule has 0 aromatic heterocycles. The molecule has 1 atom stereocenters. The van der Waals surface area contributed by atoms with E-state index in [0.29, 0.717) is 31.7 Å². The molecule has 1 heterocycles. The lowest BCUT2D eigenvalue weighted by Crippen LogP contribution is -2.43. The highest BCUT2D eigenvalue weighted by Crippen LogP contribution is 2.18. The first-order chi connectivity index (χ1) is 12.4. The molecule has 2 amide bonds. The molecule has 1 saturated heterocycles. The molecule has 1 fully saturated rings. The summed E-state index contributed by atoms with van der Waals surface area (Å²) in [4.78, 5) is 38.3. The number of carbonyl (C=O) groups is 3. The first-order valence-electron chi connectivity index (χ1n) is 8.83. The van der Waals surface area contributed by atoms with Crippen molar-refractivity contribution in [2.24, 2.45) is 0 Å². The Morgan fingerprint density at radius 2 is 2.04 bits per heavy atom. The molecule has 1 aromatic carbocycles. The molecule has 0 saturated carbocycles. The molecule has 0 spiro atoms. The molecule has 7 nitrogen and oxygen atoms in total. The van der Waals surface area contributed by atoms with Gasteiger partial charge in [-0.25, -0.2) is 0 Å². The Bertz CT molecular complexity index is 661. The van der Waals surface area contributed by atoms with Crippen molar-refractivity contribution < 1.29 is 24.2 Å². The number of likely N-dealkylation sites (tertiary alicyclic amines) is 1. The Morgan fingerprint density at radius 3 is 2.69 bits per heavy atom. The summed E-state index contributed by atoms with van der Waals surface area (Å²) in [6.45, 7) is 4.09. The Balaban J connectivity index is 1.89. The molecular weight excluding hydrogens is 336 g/mol. The van der Waals surface area contributed by atoms with Crippen molar-refractivity contribution in [3.63, 3.8) is 0 Å². The molecular formula is C19H26N2O5. The number of benzene rings is 1. The van der Waals surface area contributed by atoms with Crippen LogP contribution in [0.3, 0.4) is 0 Å². The van der Waals surface area contributed by atoms with Crippen molar-refractivity contribution in [2.45, 2.75) is 39.2 Å². The van der Waals surface area contributed by atoms with E-state index in [4.69, 9.17) is 9.84 Å². The number of carboxylic acids is 1. The van der Waals surface area contributed by atoms with Gasteiger partial charge in [0.1, 0.15) is 12.3 Å². The molecule has 0 aliphatic carbocycles. The van der Waals surface area contributed by atoms with Gasteiger partial charge in [0.25, 0.3) is 5.91 Å². The van der Waals surface area contributed by atoms with E-state index in [-0.39, 0.29) is 31.0 Å². The summed E-state index contributed by atoms with van der Waals surface area (Å²) >= 11 is 0. The van der Waals surface area contributed by atoms with E-state index >= 15 is 0 Å². The quantitative estimate of drug-likeness (QED) is 0.832. The Kier molecular flexibility index (Phi) is 7.00. The molecule has 0 bridgehead atoms. The van der Waals surface area contributed by atoms with Crippen LogP contribution in [0.4, 0.5) is 0 Å². The number of hydrogen-bond donors (Lipinski definition) is 1. The van der Waals surface area contributed by atoms with Gasteiger partial charge in [0.2, 0.25) is 5.91 Å². The van der Waals surface area contributed by atoms with E-state index in [2.05, 4.69) is 0 Å². The van der Waals surface area contributed by atoms with E-state index in [1.807, 2.05) is 31.2 Å². The van der Waals surface area contributed by atoms with Crippen LogP contribution < -0.4 is 4.74 Å². The minimum atomic E-state index is -1.02. The number of aliphatic carboxylic acids is 1. The monoisotopic (exact) mass is 362 g/mol. The van der Waals surface area contributed by atoms with Crippen LogP contribution in [-0.2, 0) is 14.4 Å². The Labute approximate surface area is 153 Å². The SMILES string of the molecule is CC(=O)N(CC(=O)O)C1CCCN(C(=O)COc2cccc(C)c2)CC1. The number of carboxylic acid groups (broad SMARTS) is 1. The van der Waals surface area contributed by atoms with Gasteiger partial charge in [0, 0.05) is 26.1 Å². The minimum absolute atomic E-state index is 0.0281. The van der Waals surface area contributed by atoms with Gasteiger partial charge in [0.05, 0.1) is 0 Å². The third-order valence-electron chi connectivity index (χ3n) is 4.55. The summed E-state index contributed by atoms with van der Waals surface area (Å²) in [5.74, 6) is -0.709. The number of rotatable bonds is 6. The fourth-order valence-corrected chi connectivity index (χ4v) is 3.22. The molecule has 1 N–H and O–H groups in total. The highest BCUT2D eigenvalue weighted by molar-refractivity contribution is 5.80. The predicted octanol–water partition coefficient (Wildman–Crippen LogP) is 1.69. The van der Waals surface area contributed by atoms with Crippen LogP contribution in [0.2, 0.25) is 0 Å². The summed E-state index contributed by atoms with van der Waals surface area (Å²) in [5.41, 5.74) is 1.07. The molecule has 1 aliphatic rings. The molecule has 2 rings (SSSR count). The van der Waals surface area contributed by atoms with Crippen LogP contribution in [0.25, 0.3) is 0 Å². The van der Waals surface area contributed by atoms with Crippen LogP contribution >= 0.6 is 0 Å². The zero-order chi connectivity index (χ0) is 19.1. The van der Waals surface area contributed by atoms with Gasteiger partial charge in [-0.2, -0.15) is 0 Å². The maximum Gasteiger partial charge on any atom is 0.323 e. The summed E-state index contributed by atoms with van der Waals surface area (Å²) in [6, 6.07) is 7.38. The van der Waals surface area contributed by atoms with Crippen molar-refractivity contribution in [1.82, 2.24) is 9.80 Å². The second kappa shape index (κ2) is 9.22. The number of aryl methyl sites for hydroxylation is 1. The van der Waals surface area contributed by atoms with Gasteiger partial charge in [-0.15, -0.1) is 0 Å². The van der Waals surface area contributed by atoms with Gasteiger partial charge >= 0.3 is 5.97 Å². The van der Waals surface area contributed by atoms with Gasteiger partial charge in [-0.1, -0.05) is 12.1 Å². The maximum atomic E-state index is 12.4. The van der Waals surface area contributed by atoms with Crippen molar-refractivity contribution >= 4 is 17.8 Å². The van der Waals surface area contributed by atoms with Crippen molar-refractivity contribution in [3.8, 4) is 5.75 Å². The van der Waals surface area contributed by atoms with Crippen molar-refractivity contribution in [2.75, 3.05) is 26.2 Å². The predicted molar refractivity (Wildman–Crippen MR) is 95.9 cm³/mol. The third kappa shape index (κ3) is 5.75. The van der Waals surface area contributed by atoms with Gasteiger partial charge < -0.3 is 19.6 Å². The van der Waals surface area contributed by atoms with E-state index in [0.717, 1.165) is 12.0 Å². The van der Waals surface area contributed by atoms with Crippen LogP contribution in [0, 0.1) is 6.92 Å². The number of carbonyl (C=O) groups excluding carboxylic acids is 2. The number of hydrogen-bond acceptors (Lipinski definition) is 4. The van der Waals surface area contributed by atoms with Crippen LogP contribution in [-0.4, -0.2) is 65.0 Å². The average Bonchev–Trinajstić information content (AvgIpc) is 2.83. The zero-order valence-corrected chi connectivity index (χ0v) is 15.3. The van der Waals surface area contributed by atoms with Gasteiger partial charge in [0.15, 0.2) is 6.61 Å². The largest absolute Gasteiger partial charge is 0.484 e. The number of ether oxygens (including phenoxy) is 1. The fourth-order valence-electron chi connectivity index (χ4n) is 3.22. The molecule has 1 aromatic rings. The third-order valence-corrected chi connectivity index (χ3v) is 4.55. The average molecular weight is 362 g/mol. The minimum Gasteiger partial charge on any atom is -0.484 e. The van der Waals surface area contributed by atoms with E-state index in [1.54, 1.807) is 4.90 Å². The lowest BCUT2D eigenvalue weighted by atomic mass is 10.1. The normalized spacial score (nSPS) is 17.3. The Hall–Kier alpha value is -2.57. The molecule has 1 unspecified atom stereocenters. The first-order valence-corrected chi connectivity index (χ1v) is 8.83.